The summed E-state index contributed by atoms with van der Waals surface area (Å²) in [5.41, 5.74) is 3.23. The molecule has 3 nitrogen and oxygen atoms in total. The van der Waals surface area contributed by atoms with Crippen LogP contribution in [0.2, 0.25) is 5.02 Å². The Bertz CT molecular complexity index is 668. The van der Waals surface area contributed by atoms with Gasteiger partial charge in [-0.1, -0.05) is 60.2 Å². The van der Waals surface area contributed by atoms with Crippen molar-refractivity contribution in [1.82, 2.24) is 5.32 Å². The van der Waals surface area contributed by atoms with Gasteiger partial charge in [0, 0.05) is 11.6 Å². The molecule has 120 valence electrons. The third kappa shape index (κ3) is 6.17. The molecule has 0 saturated heterocycles. The quantitative estimate of drug-likeness (QED) is 0.759. The Morgan fingerprint density at radius 1 is 1.22 bits per heavy atom. The van der Waals surface area contributed by atoms with Crippen LogP contribution in [0, 0.1) is 6.92 Å². The van der Waals surface area contributed by atoms with Crippen LogP contribution >= 0.6 is 11.6 Å². The normalized spacial score (nSPS) is 10.7. The molecule has 0 radical (unpaired) electrons. The highest BCUT2D eigenvalue weighted by Crippen LogP contribution is 2.16. The summed E-state index contributed by atoms with van der Waals surface area (Å²) in [6.45, 7) is 2.85. The number of benzene rings is 2. The lowest BCUT2D eigenvalue weighted by molar-refractivity contribution is 0.140. The van der Waals surface area contributed by atoms with Crippen LogP contribution in [0.25, 0.3) is 6.08 Å². The largest absolute Gasteiger partial charge is 0.445 e. The highest BCUT2D eigenvalue weighted by atomic mass is 35.5. The molecular weight excluding hydrogens is 310 g/mol. The first-order chi connectivity index (χ1) is 11.1. The van der Waals surface area contributed by atoms with Gasteiger partial charge in [-0.05, 0) is 42.2 Å². The van der Waals surface area contributed by atoms with Crippen LogP contribution in [-0.2, 0) is 11.3 Å². The predicted octanol–water partition coefficient (Wildman–Crippen LogP) is 4.98. The third-order valence-electron chi connectivity index (χ3n) is 3.33. The van der Waals surface area contributed by atoms with E-state index >= 15 is 0 Å². The molecule has 0 aliphatic heterocycles. The fraction of sp³-hybridized carbons (Fsp3) is 0.211. The standard InChI is InChI=1S/C19H20ClNO2/c1-15-10-11-18(20)13-17(15)9-5-6-12-21-19(22)23-14-16-7-3-2-4-8-16/h2-5,7-11,13H,6,12,14H2,1H3,(H,21,22). The summed E-state index contributed by atoms with van der Waals surface area (Å²) in [4.78, 5) is 11.6. The van der Waals surface area contributed by atoms with Crippen molar-refractivity contribution in [1.29, 1.82) is 0 Å². The van der Waals surface area contributed by atoms with E-state index in [9.17, 15) is 4.79 Å². The molecule has 0 atom stereocenters. The summed E-state index contributed by atoms with van der Waals surface area (Å²) in [6, 6.07) is 15.4. The molecule has 1 amide bonds. The molecule has 0 heterocycles. The smallest absolute Gasteiger partial charge is 0.407 e. The molecule has 2 aromatic carbocycles. The van der Waals surface area contributed by atoms with Gasteiger partial charge in [-0.25, -0.2) is 4.79 Å². The molecule has 0 aliphatic rings. The van der Waals surface area contributed by atoms with E-state index in [2.05, 4.69) is 5.32 Å². The van der Waals surface area contributed by atoms with E-state index in [-0.39, 0.29) is 6.61 Å². The number of carbonyl (C=O) groups excluding carboxylic acids is 1. The van der Waals surface area contributed by atoms with Gasteiger partial charge >= 0.3 is 6.09 Å². The second-order valence-electron chi connectivity index (χ2n) is 5.18. The van der Waals surface area contributed by atoms with E-state index in [1.54, 1.807) is 0 Å². The van der Waals surface area contributed by atoms with Crippen LogP contribution in [0.5, 0.6) is 0 Å². The van der Waals surface area contributed by atoms with Crippen molar-refractivity contribution in [2.45, 2.75) is 20.0 Å². The number of aryl methyl sites for hydroxylation is 1. The molecule has 0 spiro atoms. The lowest BCUT2D eigenvalue weighted by Gasteiger charge is -2.06. The van der Waals surface area contributed by atoms with Crippen molar-refractivity contribution in [2.24, 2.45) is 0 Å². The van der Waals surface area contributed by atoms with Crippen molar-refractivity contribution in [3.8, 4) is 0 Å². The molecule has 0 fully saturated rings. The minimum Gasteiger partial charge on any atom is -0.445 e. The van der Waals surface area contributed by atoms with Crippen molar-refractivity contribution in [2.75, 3.05) is 6.54 Å². The van der Waals surface area contributed by atoms with E-state index in [1.807, 2.05) is 67.6 Å². The SMILES string of the molecule is Cc1ccc(Cl)cc1C=CCCNC(=O)OCc1ccccc1. The van der Waals surface area contributed by atoms with Gasteiger partial charge < -0.3 is 10.1 Å². The number of amides is 1. The van der Waals surface area contributed by atoms with Gasteiger partial charge in [-0.3, -0.25) is 0 Å². The fourth-order valence-electron chi connectivity index (χ4n) is 2.03. The molecule has 2 rings (SSSR count). The summed E-state index contributed by atoms with van der Waals surface area (Å²) in [6.07, 6.45) is 4.35. The number of ether oxygens (including phenoxy) is 1. The number of hydrogen-bond donors (Lipinski definition) is 1. The summed E-state index contributed by atoms with van der Waals surface area (Å²) in [7, 11) is 0. The van der Waals surface area contributed by atoms with Crippen LogP contribution in [0.1, 0.15) is 23.1 Å². The van der Waals surface area contributed by atoms with Crippen LogP contribution in [0.4, 0.5) is 4.79 Å². The second-order valence-corrected chi connectivity index (χ2v) is 5.62. The molecule has 0 unspecified atom stereocenters. The van der Waals surface area contributed by atoms with E-state index in [1.165, 1.54) is 5.56 Å². The zero-order valence-corrected chi connectivity index (χ0v) is 13.8. The minimum atomic E-state index is -0.402. The van der Waals surface area contributed by atoms with Crippen molar-refractivity contribution in [3.05, 3.63) is 76.3 Å². The second kappa shape index (κ2) is 9.01. The monoisotopic (exact) mass is 329 g/mol. The highest BCUT2D eigenvalue weighted by molar-refractivity contribution is 6.30. The van der Waals surface area contributed by atoms with Crippen LogP contribution in [-0.4, -0.2) is 12.6 Å². The van der Waals surface area contributed by atoms with Crippen molar-refractivity contribution < 1.29 is 9.53 Å². The van der Waals surface area contributed by atoms with E-state index < -0.39 is 6.09 Å². The topological polar surface area (TPSA) is 38.3 Å². The molecule has 2 aromatic rings. The summed E-state index contributed by atoms with van der Waals surface area (Å²) in [5.74, 6) is 0. The number of alkyl carbamates (subject to hydrolysis) is 1. The maximum Gasteiger partial charge on any atom is 0.407 e. The van der Waals surface area contributed by atoms with E-state index in [4.69, 9.17) is 16.3 Å². The Labute approximate surface area is 141 Å². The highest BCUT2D eigenvalue weighted by Gasteiger charge is 2.01. The van der Waals surface area contributed by atoms with Gasteiger partial charge in [0.25, 0.3) is 0 Å². The van der Waals surface area contributed by atoms with Gasteiger partial charge in [-0.15, -0.1) is 0 Å². The molecule has 4 heteroatoms. The van der Waals surface area contributed by atoms with Gasteiger partial charge in [0.2, 0.25) is 0 Å². The average molecular weight is 330 g/mol. The number of hydrogen-bond acceptors (Lipinski definition) is 2. The Balaban J connectivity index is 1.67. The molecule has 23 heavy (non-hydrogen) atoms. The number of halogens is 1. The van der Waals surface area contributed by atoms with Crippen LogP contribution in [0.15, 0.2) is 54.6 Å². The zero-order valence-electron chi connectivity index (χ0n) is 13.1. The zero-order chi connectivity index (χ0) is 16.5. The van der Waals surface area contributed by atoms with Gasteiger partial charge in [-0.2, -0.15) is 0 Å². The predicted molar refractivity (Wildman–Crippen MR) is 94.5 cm³/mol. The van der Waals surface area contributed by atoms with E-state index in [0.717, 1.165) is 22.6 Å². The van der Waals surface area contributed by atoms with E-state index in [0.29, 0.717) is 6.54 Å². The molecule has 0 aliphatic carbocycles. The first kappa shape index (κ1) is 17.1. The molecular formula is C19H20ClNO2. The fourth-order valence-corrected chi connectivity index (χ4v) is 2.21. The van der Waals surface area contributed by atoms with Gasteiger partial charge in [0.15, 0.2) is 0 Å². The van der Waals surface area contributed by atoms with Crippen molar-refractivity contribution in [3.63, 3.8) is 0 Å². The molecule has 1 N–H and O–H groups in total. The Morgan fingerprint density at radius 2 is 2.00 bits per heavy atom. The summed E-state index contributed by atoms with van der Waals surface area (Å²) in [5, 5.41) is 3.45. The summed E-state index contributed by atoms with van der Waals surface area (Å²) >= 11 is 5.98. The van der Waals surface area contributed by atoms with Crippen molar-refractivity contribution >= 4 is 23.8 Å². The van der Waals surface area contributed by atoms with Gasteiger partial charge in [0.1, 0.15) is 6.61 Å². The maximum atomic E-state index is 11.6. The first-order valence-electron chi connectivity index (χ1n) is 7.52. The number of nitrogens with one attached hydrogen (secondary N) is 1. The average Bonchev–Trinajstić information content (AvgIpc) is 2.56. The molecule has 0 bridgehead atoms. The third-order valence-corrected chi connectivity index (χ3v) is 3.57. The lowest BCUT2D eigenvalue weighted by atomic mass is 10.1. The molecule has 0 saturated carbocycles. The van der Waals surface area contributed by atoms with Gasteiger partial charge in [0.05, 0.1) is 0 Å². The lowest BCUT2D eigenvalue weighted by Crippen LogP contribution is -2.24. The Hall–Kier alpha value is -2.26. The first-order valence-corrected chi connectivity index (χ1v) is 7.90. The van der Waals surface area contributed by atoms with Crippen LogP contribution in [0.3, 0.4) is 0 Å². The summed E-state index contributed by atoms with van der Waals surface area (Å²) < 4.78 is 5.14. The minimum absolute atomic E-state index is 0.282. The number of rotatable bonds is 6. The molecule has 0 aromatic heterocycles. The Kier molecular flexibility index (Phi) is 6.70. The van der Waals surface area contributed by atoms with Crippen LogP contribution < -0.4 is 5.32 Å². The maximum absolute atomic E-state index is 11.6. The Morgan fingerprint density at radius 3 is 2.78 bits per heavy atom. The number of carbonyl (C=O) groups is 1.